The summed E-state index contributed by atoms with van der Waals surface area (Å²) in [4.78, 5) is 31.6. The van der Waals surface area contributed by atoms with E-state index in [9.17, 15) is 20.1 Å². The Labute approximate surface area is 267 Å². The predicted octanol–water partition coefficient (Wildman–Crippen LogP) is 4.10. The molecule has 43 heavy (non-hydrogen) atoms. The molecule has 0 radical (unpaired) electrons. The van der Waals surface area contributed by atoms with E-state index in [1.54, 1.807) is 13.0 Å². The minimum atomic E-state index is -1.12. The van der Waals surface area contributed by atoms with E-state index < -0.39 is 12.1 Å². The number of carboxylic acid groups (broad SMARTS) is 1. The molecule has 1 aliphatic carbocycles. The van der Waals surface area contributed by atoms with Crippen LogP contribution in [0.5, 0.6) is 0 Å². The maximum atomic E-state index is 13.4. The number of carbonyl (C=O) groups is 1. The number of rotatable bonds is 5. The maximum absolute atomic E-state index is 13.4. The van der Waals surface area contributed by atoms with Gasteiger partial charge in [-0.15, -0.1) is 27.8 Å². The zero-order valence-corrected chi connectivity index (χ0v) is 27.2. The molecule has 0 saturated carbocycles. The van der Waals surface area contributed by atoms with Crippen LogP contribution in [0.4, 0.5) is 0 Å². The number of hydrogen-bond donors (Lipinski definition) is 1. The molecule has 5 heterocycles. The first-order valence-electron chi connectivity index (χ1n) is 14.6. The van der Waals surface area contributed by atoms with Gasteiger partial charge in [-0.1, -0.05) is 43.2 Å². The van der Waals surface area contributed by atoms with Crippen molar-refractivity contribution in [2.75, 3.05) is 0 Å². The van der Waals surface area contributed by atoms with Crippen LogP contribution in [0.15, 0.2) is 12.1 Å². The Morgan fingerprint density at radius 2 is 1.67 bits per heavy atom. The van der Waals surface area contributed by atoms with Crippen LogP contribution in [-0.2, 0) is 4.79 Å². The van der Waals surface area contributed by atoms with Crippen molar-refractivity contribution < 1.29 is 20.1 Å². The van der Waals surface area contributed by atoms with Crippen molar-refractivity contribution in [3.63, 3.8) is 0 Å². The molecule has 3 aromatic rings. The topological polar surface area (TPSA) is 137 Å². The van der Waals surface area contributed by atoms with Crippen LogP contribution in [0.1, 0.15) is 121 Å². The largest absolute Gasteiger partial charge is 2.00 e. The van der Waals surface area contributed by atoms with E-state index in [1.807, 2.05) is 46.8 Å². The van der Waals surface area contributed by atoms with Gasteiger partial charge in [0.25, 0.3) is 0 Å². The Hall–Kier alpha value is -3.40. The average molecular weight is 587 g/mol. The second-order valence-corrected chi connectivity index (χ2v) is 11.8. The SMILES string of the molecule is CCC1=C(C)c2cc3[n-]c(c(C)c4nc(c5c6[n-]c(cc1n2)c(C)c6C([O-])=C5)[C@@H](CCC(=O)[O-])[C@@H]4C)c(C)c3[C@@H](C)O.[Mg+2]. The van der Waals surface area contributed by atoms with Crippen LogP contribution in [-0.4, -0.2) is 44.1 Å². The second kappa shape index (κ2) is 11.3. The van der Waals surface area contributed by atoms with Crippen molar-refractivity contribution in [3.8, 4) is 0 Å². The van der Waals surface area contributed by atoms with Gasteiger partial charge < -0.3 is 30.1 Å². The molecule has 0 fully saturated rings. The van der Waals surface area contributed by atoms with Gasteiger partial charge in [0.05, 0.1) is 23.2 Å². The number of aliphatic hydroxyl groups excluding tert-OH is 1. The van der Waals surface area contributed by atoms with Gasteiger partial charge in [0.2, 0.25) is 0 Å². The fourth-order valence-corrected chi connectivity index (χ4v) is 7.06. The molecule has 0 aromatic carbocycles. The number of carboxylic acids is 1. The number of carbonyl (C=O) groups excluding carboxylic acids is 1. The maximum Gasteiger partial charge on any atom is 2.00 e. The van der Waals surface area contributed by atoms with Crippen LogP contribution < -0.4 is 20.2 Å². The summed E-state index contributed by atoms with van der Waals surface area (Å²) in [5, 5.41) is 35.7. The van der Waals surface area contributed by atoms with Crippen LogP contribution in [0, 0.1) is 20.8 Å². The van der Waals surface area contributed by atoms with Crippen LogP contribution >= 0.6 is 0 Å². The molecule has 3 atom stereocenters. The minimum absolute atomic E-state index is 0. The van der Waals surface area contributed by atoms with Gasteiger partial charge >= 0.3 is 23.1 Å². The smallest absolute Gasteiger partial charge is 0.872 e. The van der Waals surface area contributed by atoms with E-state index in [0.29, 0.717) is 39.8 Å². The Morgan fingerprint density at radius 1 is 1.00 bits per heavy atom. The summed E-state index contributed by atoms with van der Waals surface area (Å²) in [6.45, 7) is 13.8. The third-order valence-electron chi connectivity index (χ3n) is 9.28. The third kappa shape index (κ3) is 4.82. The van der Waals surface area contributed by atoms with E-state index in [4.69, 9.17) is 19.9 Å². The molecular weight excluding hydrogens is 553 g/mol. The molecule has 0 saturated heterocycles. The van der Waals surface area contributed by atoms with Crippen molar-refractivity contribution in [2.45, 2.75) is 85.7 Å². The first-order valence-corrected chi connectivity index (χ1v) is 14.6. The van der Waals surface area contributed by atoms with Gasteiger partial charge in [0, 0.05) is 23.5 Å². The Balaban J connectivity index is 0.00000368. The molecule has 3 aromatic heterocycles. The molecule has 8 bridgehead atoms. The molecule has 0 spiro atoms. The monoisotopic (exact) mass is 586 g/mol. The summed E-state index contributed by atoms with van der Waals surface area (Å²) >= 11 is 0. The normalized spacial score (nSPS) is 18.1. The summed E-state index contributed by atoms with van der Waals surface area (Å²) in [5.41, 5.74) is 12.3. The molecule has 0 unspecified atom stereocenters. The standard InChI is InChI=1S/C34H37N4O4.Mg/c1-8-20-14(2)23-13-26-29(19(7)39)17(5)32(37-26)18(6)31-15(3)21(9-10-28(41)42)33(38-31)22-11-27(40)30-16(4)24(36-34(22)30)12-25(20)35-23;/h11-13,15,19,21,39H,8-10H2,1-7H3,(H3-,35,36,37,38,40,41,42);/q-1;+2/p-3/t15-,19+,21-;/m0./s1. The Kier molecular flexibility index (Phi) is 8.13. The summed E-state index contributed by atoms with van der Waals surface area (Å²) in [6, 6.07) is 3.89. The van der Waals surface area contributed by atoms with E-state index >= 15 is 0 Å². The first-order chi connectivity index (χ1) is 19.9. The number of aliphatic carboxylic acids is 1. The Morgan fingerprint density at radius 3 is 2.33 bits per heavy atom. The van der Waals surface area contributed by atoms with Gasteiger partial charge in [-0.3, -0.25) is 4.98 Å². The zero-order valence-electron chi connectivity index (χ0n) is 25.8. The number of nitrogens with zero attached hydrogens (tertiary/aromatic N) is 4. The number of aromatic nitrogens is 4. The van der Waals surface area contributed by atoms with Gasteiger partial charge in [0.15, 0.2) is 0 Å². The number of aliphatic hydroxyl groups is 1. The van der Waals surface area contributed by atoms with Crippen molar-refractivity contribution in [2.24, 2.45) is 0 Å². The second-order valence-electron chi connectivity index (χ2n) is 11.8. The molecule has 8 nitrogen and oxygen atoms in total. The third-order valence-corrected chi connectivity index (χ3v) is 9.28. The fraction of sp³-hybridized carbons (Fsp3) is 0.382. The van der Waals surface area contributed by atoms with E-state index in [-0.39, 0.29) is 47.1 Å². The molecule has 1 N–H and O–H groups in total. The van der Waals surface area contributed by atoms with Gasteiger partial charge in [-0.2, -0.15) is 0 Å². The Bertz CT molecular complexity index is 1910. The van der Waals surface area contributed by atoms with E-state index in [2.05, 4.69) is 6.92 Å². The molecule has 9 heteroatoms. The molecular formula is C34H34MgN4O4-2. The van der Waals surface area contributed by atoms with Gasteiger partial charge in [-0.25, -0.2) is 4.98 Å². The summed E-state index contributed by atoms with van der Waals surface area (Å²) in [6.07, 6.45) is 1.82. The summed E-state index contributed by atoms with van der Waals surface area (Å²) in [7, 11) is 0. The number of fused-ring (bicyclic) bond motifs is 8. The quantitative estimate of drug-likeness (QED) is 0.441. The molecule has 3 aliphatic rings. The number of aryl methyl sites for hydroxylation is 3. The summed E-state index contributed by atoms with van der Waals surface area (Å²) < 4.78 is 0. The molecule has 0 amide bonds. The first kappa shape index (κ1) is 31.0. The van der Waals surface area contributed by atoms with Crippen molar-refractivity contribution in [1.82, 2.24) is 19.9 Å². The predicted molar refractivity (Wildman–Crippen MR) is 166 cm³/mol. The molecule has 2 aliphatic heterocycles. The molecule has 218 valence electrons. The van der Waals surface area contributed by atoms with Crippen molar-refractivity contribution in [1.29, 1.82) is 0 Å². The fourth-order valence-electron chi connectivity index (χ4n) is 7.06. The summed E-state index contributed by atoms with van der Waals surface area (Å²) in [5.74, 6) is -1.62. The van der Waals surface area contributed by atoms with E-state index in [0.717, 1.165) is 62.4 Å². The minimum Gasteiger partial charge on any atom is -0.872 e. The number of hydrogen-bond acceptors (Lipinski definition) is 6. The van der Waals surface area contributed by atoms with Crippen LogP contribution in [0.2, 0.25) is 0 Å². The van der Waals surface area contributed by atoms with Crippen molar-refractivity contribution >= 4 is 74.1 Å². The van der Waals surface area contributed by atoms with Gasteiger partial charge in [0.1, 0.15) is 0 Å². The van der Waals surface area contributed by atoms with Crippen LogP contribution in [0.25, 0.3) is 45.0 Å². The zero-order chi connectivity index (χ0) is 30.2. The van der Waals surface area contributed by atoms with Crippen molar-refractivity contribution in [3.05, 3.63) is 68.3 Å². The molecule has 6 rings (SSSR count). The number of allylic oxidation sites excluding steroid dienone is 2. The van der Waals surface area contributed by atoms with E-state index in [1.165, 1.54) is 0 Å². The van der Waals surface area contributed by atoms with Crippen LogP contribution in [0.3, 0.4) is 0 Å². The average Bonchev–Trinajstić information content (AvgIpc) is 3.68. The van der Waals surface area contributed by atoms with Gasteiger partial charge in [-0.05, 0) is 87.3 Å².